The van der Waals surface area contributed by atoms with Gasteiger partial charge in [-0.25, -0.2) is 22.4 Å². The first-order chi connectivity index (χ1) is 17.9. The van der Waals surface area contributed by atoms with Crippen LogP contribution in [0.5, 0.6) is 5.88 Å². The number of nitrogens with zero attached hydrogens (tertiary/aromatic N) is 7. The van der Waals surface area contributed by atoms with E-state index in [1.807, 2.05) is 12.1 Å². The Morgan fingerprint density at radius 2 is 2.05 bits per heavy atom. The van der Waals surface area contributed by atoms with Crippen molar-refractivity contribution in [1.29, 1.82) is 0 Å². The minimum absolute atomic E-state index is 0.267. The molecule has 0 bridgehead atoms. The Balaban J connectivity index is 1.29. The molecule has 4 aromatic rings. The Hall–Kier alpha value is -3.45. The van der Waals surface area contributed by atoms with Crippen molar-refractivity contribution in [2.45, 2.75) is 44.1 Å². The van der Waals surface area contributed by atoms with Crippen molar-refractivity contribution in [2.24, 2.45) is 0 Å². The standard InChI is InChI=1S/C24H27F3N8O2/c1-13(22(26)27)35-20-9-14(3-4-19(20)30-32-35)16-5-8-34-21(16)23(36-2)29-24(31-34)28-18-6-7-33(10-17(18)25)15-11-37-12-15/h3-5,8-9,13,15,17-18,22H,6-7,10-12H2,1-2H3,(H,28,31)/t13-,17-,18+/m1/s1. The summed E-state index contributed by atoms with van der Waals surface area (Å²) in [7, 11) is 1.51. The number of aromatic nitrogens is 6. The molecule has 0 radical (unpaired) electrons. The van der Waals surface area contributed by atoms with Crippen LogP contribution in [0, 0.1) is 0 Å². The van der Waals surface area contributed by atoms with Crippen LogP contribution < -0.4 is 10.1 Å². The molecule has 3 aromatic heterocycles. The lowest BCUT2D eigenvalue weighted by molar-refractivity contribution is -0.0794. The number of halogens is 3. The van der Waals surface area contributed by atoms with Crippen LogP contribution in [0.1, 0.15) is 19.4 Å². The van der Waals surface area contributed by atoms with Crippen molar-refractivity contribution in [3.63, 3.8) is 0 Å². The molecular weight excluding hydrogens is 489 g/mol. The van der Waals surface area contributed by atoms with Crippen molar-refractivity contribution >= 4 is 22.5 Å². The van der Waals surface area contributed by atoms with Gasteiger partial charge in [-0.3, -0.25) is 4.90 Å². The summed E-state index contributed by atoms with van der Waals surface area (Å²) in [5, 5.41) is 15.6. The normalized spacial score (nSPS) is 22.0. The van der Waals surface area contributed by atoms with E-state index in [4.69, 9.17) is 9.47 Å². The van der Waals surface area contributed by atoms with Gasteiger partial charge in [-0.1, -0.05) is 11.3 Å². The van der Waals surface area contributed by atoms with Crippen LogP contribution in [0.25, 0.3) is 27.7 Å². The number of benzene rings is 1. The summed E-state index contributed by atoms with van der Waals surface area (Å²) >= 11 is 0. The van der Waals surface area contributed by atoms with Gasteiger partial charge in [0.2, 0.25) is 11.8 Å². The number of hydrogen-bond donors (Lipinski definition) is 1. The number of likely N-dealkylation sites (tertiary alicyclic amines) is 1. The van der Waals surface area contributed by atoms with E-state index in [1.54, 1.807) is 22.8 Å². The maximum absolute atomic E-state index is 15.0. The zero-order valence-electron chi connectivity index (χ0n) is 20.4. The van der Waals surface area contributed by atoms with Gasteiger partial charge in [0, 0.05) is 24.8 Å². The van der Waals surface area contributed by atoms with Crippen molar-refractivity contribution in [3.8, 4) is 17.0 Å². The van der Waals surface area contributed by atoms with Crippen LogP contribution in [0.3, 0.4) is 0 Å². The number of fused-ring (bicyclic) bond motifs is 2. The zero-order chi connectivity index (χ0) is 25.7. The topological polar surface area (TPSA) is 94.6 Å². The number of anilines is 1. The first kappa shape index (κ1) is 23.9. The van der Waals surface area contributed by atoms with Crippen molar-refractivity contribution < 1.29 is 22.6 Å². The number of alkyl halides is 3. The predicted molar refractivity (Wildman–Crippen MR) is 130 cm³/mol. The smallest absolute Gasteiger partial charge is 0.260 e. The minimum Gasteiger partial charge on any atom is -0.479 e. The second kappa shape index (κ2) is 9.45. The summed E-state index contributed by atoms with van der Waals surface area (Å²) in [6.07, 6.45) is -1.27. The fourth-order valence-electron chi connectivity index (χ4n) is 4.96. The monoisotopic (exact) mass is 516 g/mol. The van der Waals surface area contributed by atoms with Gasteiger partial charge in [-0.15, -0.1) is 10.2 Å². The third kappa shape index (κ3) is 4.25. The Kier molecular flexibility index (Phi) is 6.11. The van der Waals surface area contributed by atoms with Crippen LogP contribution >= 0.6 is 0 Å². The van der Waals surface area contributed by atoms with Gasteiger partial charge in [0.05, 0.1) is 37.9 Å². The quantitative estimate of drug-likeness (QED) is 0.400. The number of hydrogen-bond acceptors (Lipinski definition) is 8. The Morgan fingerprint density at radius 3 is 2.76 bits per heavy atom. The van der Waals surface area contributed by atoms with Crippen molar-refractivity contribution in [3.05, 3.63) is 30.5 Å². The highest BCUT2D eigenvalue weighted by atomic mass is 19.3. The Bertz CT molecular complexity index is 1420. The summed E-state index contributed by atoms with van der Waals surface area (Å²) in [5.74, 6) is 0.577. The average Bonchev–Trinajstić information content (AvgIpc) is 3.47. The molecule has 10 nitrogen and oxygen atoms in total. The molecule has 0 unspecified atom stereocenters. The largest absolute Gasteiger partial charge is 0.479 e. The maximum atomic E-state index is 15.0. The number of methoxy groups -OCH3 is 1. The van der Waals surface area contributed by atoms with Crippen LogP contribution in [0.4, 0.5) is 19.1 Å². The highest BCUT2D eigenvalue weighted by Gasteiger charge is 2.35. The number of piperidine rings is 1. The number of nitrogens with one attached hydrogen (secondary N) is 1. The van der Waals surface area contributed by atoms with Crippen LogP contribution in [0.15, 0.2) is 30.5 Å². The third-order valence-corrected chi connectivity index (χ3v) is 7.23. The van der Waals surface area contributed by atoms with Gasteiger partial charge in [-0.05, 0) is 37.1 Å². The second-order valence-corrected chi connectivity index (χ2v) is 9.52. The van der Waals surface area contributed by atoms with Crippen molar-refractivity contribution in [2.75, 3.05) is 38.7 Å². The molecule has 6 rings (SSSR count). The van der Waals surface area contributed by atoms with E-state index >= 15 is 0 Å². The van der Waals surface area contributed by atoms with E-state index in [0.717, 1.165) is 17.7 Å². The molecule has 5 heterocycles. The molecule has 3 atom stereocenters. The van der Waals surface area contributed by atoms with E-state index < -0.39 is 24.7 Å². The van der Waals surface area contributed by atoms with E-state index in [9.17, 15) is 13.2 Å². The van der Waals surface area contributed by atoms with Crippen LogP contribution in [0.2, 0.25) is 0 Å². The molecule has 13 heteroatoms. The third-order valence-electron chi connectivity index (χ3n) is 7.23. The summed E-state index contributed by atoms with van der Waals surface area (Å²) in [6.45, 7) is 3.84. The van der Waals surface area contributed by atoms with Gasteiger partial charge in [0.25, 0.3) is 6.43 Å². The van der Waals surface area contributed by atoms with Gasteiger partial charge >= 0.3 is 0 Å². The molecule has 0 aliphatic carbocycles. The molecule has 0 amide bonds. The summed E-state index contributed by atoms with van der Waals surface area (Å²) in [4.78, 5) is 6.65. The maximum Gasteiger partial charge on any atom is 0.260 e. The van der Waals surface area contributed by atoms with E-state index in [2.05, 4.69) is 30.6 Å². The van der Waals surface area contributed by atoms with E-state index in [-0.39, 0.29) is 5.95 Å². The van der Waals surface area contributed by atoms with Crippen molar-refractivity contribution in [1.82, 2.24) is 34.5 Å². The molecule has 37 heavy (non-hydrogen) atoms. The molecule has 2 fully saturated rings. The molecule has 196 valence electrons. The summed E-state index contributed by atoms with van der Waals surface area (Å²) in [6, 6.07) is 5.96. The van der Waals surface area contributed by atoms with Gasteiger partial charge < -0.3 is 14.8 Å². The van der Waals surface area contributed by atoms with Crippen LogP contribution in [-0.4, -0.2) is 92.6 Å². The SMILES string of the molecule is COc1nc(N[C@H]2CCN(C3COC3)C[C@H]2F)nn2ccc(-c3ccc4nnn([C@H](C)C(F)F)c4c3)c12. The highest BCUT2D eigenvalue weighted by molar-refractivity contribution is 5.89. The number of rotatable bonds is 7. The molecular formula is C24H27F3N8O2. The Morgan fingerprint density at radius 1 is 1.22 bits per heavy atom. The molecule has 0 saturated carbocycles. The lowest BCUT2D eigenvalue weighted by Crippen LogP contribution is -2.57. The lowest BCUT2D eigenvalue weighted by Gasteiger charge is -2.42. The van der Waals surface area contributed by atoms with Crippen LogP contribution in [-0.2, 0) is 4.74 Å². The molecule has 2 aliphatic heterocycles. The highest BCUT2D eigenvalue weighted by Crippen LogP contribution is 2.34. The lowest BCUT2D eigenvalue weighted by atomic mass is 10.0. The number of ether oxygens (including phenoxy) is 2. The van der Waals surface area contributed by atoms with Gasteiger partial charge in [0.15, 0.2) is 0 Å². The minimum atomic E-state index is -2.58. The summed E-state index contributed by atoms with van der Waals surface area (Å²) in [5.41, 5.74) is 3.12. The van der Waals surface area contributed by atoms with Gasteiger partial charge in [-0.2, -0.15) is 4.98 Å². The predicted octanol–water partition coefficient (Wildman–Crippen LogP) is 3.20. The van der Waals surface area contributed by atoms with Gasteiger partial charge in [0.1, 0.15) is 23.2 Å². The second-order valence-electron chi connectivity index (χ2n) is 9.52. The molecule has 2 saturated heterocycles. The zero-order valence-corrected chi connectivity index (χ0v) is 20.4. The fraction of sp³-hybridized carbons (Fsp3) is 0.500. The molecule has 0 spiro atoms. The Labute approximate surface area is 210 Å². The molecule has 1 N–H and O–H groups in total. The summed E-state index contributed by atoms with van der Waals surface area (Å²) < 4.78 is 55.3. The first-order valence-corrected chi connectivity index (χ1v) is 12.2. The molecule has 1 aromatic carbocycles. The first-order valence-electron chi connectivity index (χ1n) is 12.2. The average molecular weight is 517 g/mol. The van der Waals surface area contributed by atoms with E-state index in [0.29, 0.717) is 54.7 Å². The van der Waals surface area contributed by atoms with E-state index in [1.165, 1.54) is 18.7 Å². The molecule has 2 aliphatic rings. The fourth-order valence-corrected chi connectivity index (χ4v) is 4.96.